The van der Waals surface area contributed by atoms with Crippen molar-refractivity contribution < 1.29 is 9.53 Å². The largest absolute Gasteiger partial charge is 0.380 e. The maximum atomic E-state index is 13.2. The predicted molar refractivity (Wildman–Crippen MR) is 128 cm³/mol. The molecule has 0 spiro atoms. The molecule has 0 N–H and O–H groups in total. The molecule has 2 aromatic carbocycles. The van der Waals surface area contributed by atoms with Gasteiger partial charge in [-0.25, -0.2) is 4.99 Å². The number of amidine groups is 1. The number of benzene rings is 2. The summed E-state index contributed by atoms with van der Waals surface area (Å²) in [4.78, 5) is 20.2. The molecular formula is C24H22ClN3O2S. The molecule has 1 saturated heterocycles. The van der Waals surface area contributed by atoms with E-state index in [1.165, 1.54) is 11.8 Å². The summed E-state index contributed by atoms with van der Waals surface area (Å²) in [6.07, 6.45) is 3.87. The Hall–Kier alpha value is -2.80. The molecule has 4 rings (SSSR count). The van der Waals surface area contributed by atoms with E-state index in [1.54, 1.807) is 4.90 Å². The van der Waals surface area contributed by atoms with Gasteiger partial charge in [-0.15, -0.1) is 0 Å². The van der Waals surface area contributed by atoms with Crippen molar-refractivity contribution in [2.45, 2.75) is 6.92 Å². The van der Waals surface area contributed by atoms with Crippen molar-refractivity contribution in [3.05, 3.63) is 88.5 Å². The Morgan fingerprint density at radius 2 is 1.84 bits per heavy atom. The second-order valence-corrected chi connectivity index (χ2v) is 8.22. The second kappa shape index (κ2) is 10.0. The van der Waals surface area contributed by atoms with E-state index in [0.29, 0.717) is 34.9 Å². The van der Waals surface area contributed by atoms with Crippen molar-refractivity contribution >= 4 is 46.2 Å². The van der Waals surface area contributed by atoms with Crippen molar-refractivity contribution in [1.82, 2.24) is 9.47 Å². The summed E-state index contributed by atoms with van der Waals surface area (Å²) >= 11 is 7.40. The summed E-state index contributed by atoms with van der Waals surface area (Å²) in [5.41, 5.74) is 2.69. The van der Waals surface area contributed by atoms with Gasteiger partial charge in [-0.05, 0) is 73.3 Å². The quantitative estimate of drug-likeness (QED) is 0.338. The fourth-order valence-electron chi connectivity index (χ4n) is 3.18. The van der Waals surface area contributed by atoms with Crippen LogP contribution in [0.15, 0.2) is 82.8 Å². The van der Waals surface area contributed by atoms with Gasteiger partial charge in [0.25, 0.3) is 5.91 Å². The van der Waals surface area contributed by atoms with Crippen molar-refractivity contribution in [3.63, 3.8) is 0 Å². The number of hydrogen-bond acceptors (Lipinski definition) is 4. The maximum Gasteiger partial charge on any atom is 0.266 e. The number of halogens is 1. The Kier molecular flexibility index (Phi) is 6.92. The number of rotatable bonds is 7. The molecule has 31 heavy (non-hydrogen) atoms. The van der Waals surface area contributed by atoms with Crippen LogP contribution in [0, 0.1) is 0 Å². The lowest BCUT2D eigenvalue weighted by Gasteiger charge is -2.15. The number of carbonyl (C=O) groups is 1. The van der Waals surface area contributed by atoms with Gasteiger partial charge in [-0.2, -0.15) is 0 Å². The normalized spacial score (nSPS) is 16.6. The average molecular weight is 452 g/mol. The lowest BCUT2D eigenvalue weighted by Crippen LogP contribution is -2.32. The van der Waals surface area contributed by atoms with Gasteiger partial charge < -0.3 is 9.30 Å². The fraction of sp³-hybridized carbons (Fsp3) is 0.167. The molecule has 0 aliphatic carbocycles. The molecule has 0 unspecified atom stereocenters. The molecule has 1 aliphatic rings. The molecule has 5 nitrogen and oxygen atoms in total. The third-order valence-corrected chi connectivity index (χ3v) is 5.96. The summed E-state index contributed by atoms with van der Waals surface area (Å²) in [5, 5.41) is 1.34. The van der Waals surface area contributed by atoms with E-state index >= 15 is 0 Å². The monoisotopic (exact) mass is 451 g/mol. The molecule has 0 radical (unpaired) electrons. The average Bonchev–Trinajstić information content (AvgIpc) is 3.35. The summed E-state index contributed by atoms with van der Waals surface area (Å²) in [7, 11) is 0. The van der Waals surface area contributed by atoms with Crippen molar-refractivity contribution in [3.8, 4) is 5.69 Å². The molecule has 1 aliphatic heterocycles. The molecule has 0 atom stereocenters. The van der Waals surface area contributed by atoms with Gasteiger partial charge in [-0.1, -0.05) is 29.8 Å². The third-order valence-electron chi connectivity index (χ3n) is 4.70. The van der Waals surface area contributed by atoms with Crippen LogP contribution in [0.3, 0.4) is 0 Å². The molecule has 3 aromatic rings. The Labute approximate surface area is 191 Å². The third kappa shape index (κ3) is 5.10. The number of aliphatic imine (C=N–C) groups is 1. The lowest BCUT2D eigenvalue weighted by molar-refractivity contribution is -0.122. The number of hydrogen-bond donors (Lipinski definition) is 0. The number of thioether (sulfide) groups is 1. The van der Waals surface area contributed by atoms with Crippen LogP contribution in [0.25, 0.3) is 11.8 Å². The van der Waals surface area contributed by atoms with Gasteiger partial charge in [0.1, 0.15) is 0 Å². The molecule has 2 heterocycles. The number of ether oxygens (including phenoxy) is 1. The Morgan fingerprint density at radius 3 is 2.58 bits per heavy atom. The van der Waals surface area contributed by atoms with Crippen LogP contribution >= 0.6 is 23.4 Å². The van der Waals surface area contributed by atoms with Crippen LogP contribution in [0.2, 0.25) is 5.02 Å². The zero-order chi connectivity index (χ0) is 21.6. The first-order valence-corrected chi connectivity index (χ1v) is 11.2. The van der Waals surface area contributed by atoms with Crippen molar-refractivity contribution in [2.75, 3.05) is 19.8 Å². The highest BCUT2D eigenvalue weighted by atomic mass is 35.5. The zero-order valence-corrected chi connectivity index (χ0v) is 18.6. The Morgan fingerprint density at radius 1 is 1.06 bits per heavy atom. The van der Waals surface area contributed by atoms with Crippen LogP contribution in [0.5, 0.6) is 0 Å². The van der Waals surface area contributed by atoms with E-state index in [1.807, 2.05) is 90.5 Å². The summed E-state index contributed by atoms with van der Waals surface area (Å²) in [6, 6.07) is 21.2. The van der Waals surface area contributed by atoms with Gasteiger partial charge >= 0.3 is 0 Å². The second-order valence-electron chi connectivity index (χ2n) is 6.77. The number of nitrogens with zero attached hydrogens (tertiary/aromatic N) is 3. The highest BCUT2D eigenvalue weighted by molar-refractivity contribution is 8.18. The fourth-order valence-corrected chi connectivity index (χ4v) is 4.32. The van der Waals surface area contributed by atoms with Gasteiger partial charge in [0, 0.05) is 29.2 Å². The minimum atomic E-state index is -0.0664. The van der Waals surface area contributed by atoms with Gasteiger partial charge in [-0.3, -0.25) is 9.69 Å². The van der Waals surface area contributed by atoms with Crippen LogP contribution in [0.4, 0.5) is 5.69 Å². The Bertz CT molecular complexity index is 1110. The van der Waals surface area contributed by atoms with Crippen LogP contribution in [-0.4, -0.2) is 40.3 Å². The SMILES string of the molecule is CCOCCN1C(=O)/C(=C\c2cccn2-c2ccc(Cl)cc2)SC1=Nc1ccccc1. The van der Waals surface area contributed by atoms with Crippen LogP contribution in [0.1, 0.15) is 12.6 Å². The Balaban J connectivity index is 1.65. The lowest BCUT2D eigenvalue weighted by atomic mass is 10.3. The van der Waals surface area contributed by atoms with Crippen LogP contribution < -0.4 is 0 Å². The molecule has 1 amide bonds. The van der Waals surface area contributed by atoms with E-state index in [-0.39, 0.29) is 5.91 Å². The molecule has 0 saturated carbocycles. The molecule has 7 heteroatoms. The molecule has 0 bridgehead atoms. The first-order chi connectivity index (χ1) is 15.2. The molecule has 1 aromatic heterocycles. The highest BCUT2D eigenvalue weighted by Gasteiger charge is 2.33. The molecular weight excluding hydrogens is 430 g/mol. The van der Waals surface area contributed by atoms with E-state index < -0.39 is 0 Å². The summed E-state index contributed by atoms with van der Waals surface area (Å²) < 4.78 is 7.50. The van der Waals surface area contributed by atoms with E-state index in [0.717, 1.165) is 17.1 Å². The van der Waals surface area contributed by atoms with Gasteiger partial charge in [0.15, 0.2) is 5.17 Å². The van der Waals surface area contributed by atoms with Crippen molar-refractivity contribution in [2.24, 2.45) is 4.99 Å². The van der Waals surface area contributed by atoms with Crippen LogP contribution in [-0.2, 0) is 9.53 Å². The zero-order valence-electron chi connectivity index (χ0n) is 17.1. The topological polar surface area (TPSA) is 46.8 Å². The first kappa shape index (κ1) is 21.4. The minimum Gasteiger partial charge on any atom is -0.380 e. The van der Waals surface area contributed by atoms with Gasteiger partial charge in [0.05, 0.1) is 23.7 Å². The maximum absolute atomic E-state index is 13.2. The first-order valence-electron chi connectivity index (χ1n) is 10.0. The standard InChI is InChI=1S/C24H22ClN3O2S/c1-2-30-16-15-28-23(29)22(31-24(28)26-19-7-4-3-5-8-19)17-21-9-6-14-27(21)20-12-10-18(25)11-13-20/h3-14,17H,2,15-16H2,1H3/b22-17+,26-24?. The molecule has 1 fully saturated rings. The van der Waals surface area contributed by atoms with E-state index in [9.17, 15) is 4.79 Å². The summed E-state index contributed by atoms with van der Waals surface area (Å²) in [5.74, 6) is -0.0664. The smallest absolute Gasteiger partial charge is 0.266 e. The number of amides is 1. The molecule has 158 valence electrons. The van der Waals surface area contributed by atoms with Crippen molar-refractivity contribution in [1.29, 1.82) is 0 Å². The van der Waals surface area contributed by atoms with E-state index in [2.05, 4.69) is 0 Å². The predicted octanol–water partition coefficient (Wildman–Crippen LogP) is 5.77. The highest BCUT2D eigenvalue weighted by Crippen LogP contribution is 2.34. The number of aromatic nitrogens is 1. The van der Waals surface area contributed by atoms with Gasteiger partial charge in [0.2, 0.25) is 0 Å². The van der Waals surface area contributed by atoms with E-state index in [4.69, 9.17) is 21.3 Å². The summed E-state index contributed by atoms with van der Waals surface area (Å²) in [6.45, 7) is 3.47. The number of carbonyl (C=O) groups excluding carboxylic acids is 1. The number of para-hydroxylation sites is 1. The minimum absolute atomic E-state index is 0.0664.